The minimum Gasteiger partial charge on any atom is -0.384 e. The average Bonchev–Trinajstić information content (AvgIpc) is 2.81. The van der Waals surface area contributed by atoms with E-state index < -0.39 is 18.0 Å². The normalized spacial score (nSPS) is 12.6. The number of amides is 2. The molecular formula is C24H24Cl3N5O2. The second-order valence-electron chi connectivity index (χ2n) is 7.76. The van der Waals surface area contributed by atoms with Crippen molar-refractivity contribution in [3.8, 4) is 0 Å². The van der Waals surface area contributed by atoms with Gasteiger partial charge in [0.25, 0.3) is 0 Å². The van der Waals surface area contributed by atoms with Crippen LogP contribution in [0.5, 0.6) is 0 Å². The van der Waals surface area contributed by atoms with Crippen LogP contribution in [0.4, 0.5) is 5.82 Å². The number of rotatable bonds is 9. The van der Waals surface area contributed by atoms with Gasteiger partial charge in [0, 0.05) is 24.2 Å². The predicted octanol–water partition coefficient (Wildman–Crippen LogP) is 3.54. The van der Waals surface area contributed by atoms with E-state index in [1.165, 1.54) is 0 Å². The smallest absolute Gasteiger partial charge is 0.243 e. The maximum Gasteiger partial charge on any atom is 0.243 e. The van der Waals surface area contributed by atoms with Crippen LogP contribution in [0.15, 0.2) is 60.8 Å². The lowest BCUT2D eigenvalue weighted by Crippen LogP contribution is -2.52. The standard InChI is InChI=1S/C24H24Cl3N5O2/c25-17-5-1-14(2-6-17)10-20(28)23(33)32-21(11-15-3-7-18(26)19(27)9-15)24(34)31-13-16-4-8-22(29)30-12-16/h1-9,12,20-21H,10-11,13,28H2,(H2,29,30)(H,31,34)(H,32,33)/t20-,21+/m1/s1. The Kier molecular flexibility index (Phi) is 9.12. The van der Waals surface area contributed by atoms with Crippen LogP contribution < -0.4 is 22.1 Å². The monoisotopic (exact) mass is 519 g/mol. The van der Waals surface area contributed by atoms with E-state index in [1.807, 2.05) is 0 Å². The molecule has 0 aliphatic heterocycles. The number of benzene rings is 2. The highest BCUT2D eigenvalue weighted by molar-refractivity contribution is 6.42. The van der Waals surface area contributed by atoms with Crippen LogP contribution in [0.25, 0.3) is 0 Å². The molecule has 0 unspecified atom stereocenters. The summed E-state index contributed by atoms with van der Waals surface area (Å²) < 4.78 is 0. The Hall–Kier alpha value is -2.84. The van der Waals surface area contributed by atoms with E-state index in [1.54, 1.807) is 60.8 Å². The summed E-state index contributed by atoms with van der Waals surface area (Å²) >= 11 is 18.0. The van der Waals surface area contributed by atoms with Crippen LogP contribution >= 0.6 is 34.8 Å². The lowest BCUT2D eigenvalue weighted by atomic mass is 10.0. The Morgan fingerprint density at radius 3 is 2.18 bits per heavy atom. The van der Waals surface area contributed by atoms with Gasteiger partial charge >= 0.3 is 0 Å². The second kappa shape index (κ2) is 12.0. The number of nitrogens with one attached hydrogen (secondary N) is 2. The van der Waals surface area contributed by atoms with Crippen LogP contribution in [-0.2, 0) is 29.0 Å². The molecule has 0 bridgehead atoms. The first kappa shape index (κ1) is 25.8. The minimum atomic E-state index is -0.886. The number of hydrogen-bond acceptors (Lipinski definition) is 5. The predicted molar refractivity (Wildman–Crippen MR) is 136 cm³/mol. The van der Waals surface area contributed by atoms with Crippen molar-refractivity contribution < 1.29 is 9.59 Å². The first-order chi connectivity index (χ1) is 16.2. The molecule has 1 aromatic heterocycles. The van der Waals surface area contributed by atoms with Gasteiger partial charge in [0.05, 0.1) is 16.1 Å². The van der Waals surface area contributed by atoms with Gasteiger partial charge in [0.2, 0.25) is 11.8 Å². The molecular weight excluding hydrogens is 497 g/mol. The van der Waals surface area contributed by atoms with E-state index in [9.17, 15) is 9.59 Å². The number of nitrogens with two attached hydrogens (primary N) is 2. The quantitative estimate of drug-likeness (QED) is 0.344. The molecule has 6 N–H and O–H groups in total. The molecule has 178 valence electrons. The molecule has 1 heterocycles. The zero-order valence-electron chi connectivity index (χ0n) is 18.1. The Bertz CT molecular complexity index is 1140. The van der Waals surface area contributed by atoms with Gasteiger partial charge in [-0.25, -0.2) is 4.98 Å². The fourth-order valence-electron chi connectivity index (χ4n) is 3.21. The number of nitrogens with zero attached hydrogens (tertiary/aromatic N) is 1. The van der Waals surface area contributed by atoms with Gasteiger partial charge in [-0.2, -0.15) is 0 Å². The third-order valence-electron chi connectivity index (χ3n) is 5.08. The number of nitrogen functional groups attached to an aromatic ring is 1. The summed E-state index contributed by atoms with van der Waals surface area (Å²) in [5.41, 5.74) is 14.1. The van der Waals surface area contributed by atoms with Gasteiger partial charge in [0.1, 0.15) is 11.9 Å². The Labute approximate surface area is 212 Å². The minimum absolute atomic E-state index is 0.197. The van der Waals surface area contributed by atoms with Crippen molar-refractivity contribution in [2.24, 2.45) is 5.73 Å². The molecule has 7 nitrogen and oxygen atoms in total. The molecule has 2 aromatic carbocycles. The third-order valence-corrected chi connectivity index (χ3v) is 6.07. The van der Waals surface area contributed by atoms with Crippen molar-refractivity contribution in [3.63, 3.8) is 0 Å². The number of carbonyl (C=O) groups is 2. The molecule has 10 heteroatoms. The second-order valence-corrected chi connectivity index (χ2v) is 9.01. The molecule has 3 aromatic rings. The van der Waals surface area contributed by atoms with Crippen LogP contribution in [0, 0.1) is 0 Å². The van der Waals surface area contributed by atoms with E-state index in [4.69, 9.17) is 46.3 Å². The average molecular weight is 521 g/mol. The zero-order chi connectivity index (χ0) is 24.7. The van der Waals surface area contributed by atoms with E-state index in [0.29, 0.717) is 27.3 Å². The molecule has 0 fully saturated rings. The molecule has 2 amide bonds. The Morgan fingerprint density at radius 1 is 0.853 bits per heavy atom. The van der Waals surface area contributed by atoms with Crippen molar-refractivity contribution in [2.45, 2.75) is 31.5 Å². The van der Waals surface area contributed by atoms with Gasteiger partial charge in [-0.1, -0.05) is 59.1 Å². The first-order valence-corrected chi connectivity index (χ1v) is 11.6. The highest BCUT2D eigenvalue weighted by atomic mass is 35.5. The largest absolute Gasteiger partial charge is 0.384 e. The molecule has 34 heavy (non-hydrogen) atoms. The molecule has 3 rings (SSSR count). The molecule has 0 spiro atoms. The summed E-state index contributed by atoms with van der Waals surface area (Å²) in [6.07, 6.45) is 2.06. The molecule has 0 saturated carbocycles. The summed E-state index contributed by atoms with van der Waals surface area (Å²) in [7, 11) is 0. The lowest BCUT2D eigenvalue weighted by Gasteiger charge is -2.21. The van der Waals surface area contributed by atoms with Gasteiger partial charge in [-0.05, 0) is 53.4 Å². The van der Waals surface area contributed by atoms with E-state index >= 15 is 0 Å². The van der Waals surface area contributed by atoms with Gasteiger partial charge < -0.3 is 22.1 Å². The number of carbonyl (C=O) groups excluding carboxylic acids is 2. The van der Waals surface area contributed by atoms with Gasteiger partial charge in [0.15, 0.2) is 0 Å². The van der Waals surface area contributed by atoms with Crippen LogP contribution in [0.3, 0.4) is 0 Å². The Balaban J connectivity index is 1.70. The van der Waals surface area contributed by atoms with E-state index in [-0.39, 0.29) is 18.9 Å². The SMILES string of the molecule is Nc1ccc(CNC(=O)[C@H](Cc2ccc(Cl)c(Cl)c2)NC(=O)[C@H](N)Cc2ccc(Cl)cc2)cn1. The molecule has 0 aliphatic rings. The van der Waals surface area contributed by atoms with Crippen LogP contribution in [0.1, 0.15) is 16.7 Å². The van der Waals surface area contributed by atoms with Crippen LogP contribution in [-0.4, -0.2) is 28.9 Å². The number of aromatic nitrogens is 1. The fraction of sp³-hybridized carbons (Fsp3) is 0.208. The fourth-order valence-corrected chi connectivity index (χ4v) is 3.66. The maximum absolute atomic E-state index is 13.0. The van der Waals surface area contributed by atoms with Crippen molar-refractivity contribution in [2.75, 3.05) is 5.73 Å². The maximum atomic E-state index is 13.0. The summed E-state index contributed by atoms with van der Waals surface area (Å²) in [6, 6.07) is 13.8. The van der Waals surface area contributed by atoms with Gasteiger partial charge in [-0.15, -0.1) is 0 Å². The molecule has 0 radical (unpaired) electrons. The van der Waals surface area contributed by atoms with E-state index in [0.717, 1.165) is 16.7 Å². The number of anilines is 1. The highest BCUT2D eigenvalue weighted by Gasteiger charge is 2.24. The number of hydrogen-bond donors (Lipinski definition) is 4. The topological polar surface area (TPSA) is 123 Å². The summed E-state index contributed by atoms with van der Waals surface area (Å²) in [6.45, 7) is 0.219. The lowest BCUT2D eigenvalue weighted by molar-refractivity contribution is -0.129. The van der Waals surface area contributed by atoms with Gasteiger partial charge in [-0.3, -0.25) is 9.59 Å². The summed E-state index contributed by atoms with van der Waals surface area (Å²) in [4.78, 5) is 29.9. The number of halogens is 3. The van der Waals surface area contributed by atoms with E-state index in [2.05, 4.69) is 15.6 Å². The van der Waals surface area contributed by atoms with Crippen molar-refractivity contribution in [1.82, 2.24) is 15.6 Å². The third kappa shape index (κ3) is 7.60. The van der Waals surface area contributed by atoms with Crippen molar-refractivity contribution in [1.29, 1.82) is 0 Å². The van der Waals surface area contributed by atoms with Crippen molar-refractivity contribution in [3.05, 3.63) is 92.6 Å². The van der Waals surface area contributed by atoms with Crippen LogP contribution in [0.2, 0.25) is 15.1 Å². The molecule has 2 atom stereocenters. The highest BCUT2D eigenvalue weighted by Crippen LogP contribution is 2.23. The summed E-state index contributed by atoms with van der Waals surface area (Å²) in [5.74, 6) is -0.450. The molecule has 0 aliphatic carbocycles. The Morgan fingerprint density at radius 2 is 1.53 bits per heavy atom. The first-order valence-electron chi connectivity index (χ1n) is 10.4. The molecule has 0 saturated heterocycles. The van der Waals surface area contributed by atoms with Crippen molar-refractivity contribution >= 4 is 52.4 Å². The zero-order valence-corrected chi connectivity index (χ0v) is 20.4. The summed E-state index contributed by atoms with van der Waals surface area (Å²) in [5, 5.41) is 6.93. The number of pyridine rings is 1.